The lowest BCUT2D eigenvalue weighted by Gasteiger charge is -2.31. The molecule has 0 radical (unpaired) electrons. The van der Waals surface area contributed by atoms with E-state index in [-0.39, 0.29) is 22.8 Å². The maximum absolute atomic E-state index is 12.9. The van der Waals surface area contributed by atoms with Crippen LogP contribution >= 0.6 is 0 Å². The van der Waals surface area contributed by atoms with Gasteiger partial charge in [0.2, 0.25) is 15.9 Å². The van der Waals surface area contributed by atoms with Gasteiger partial charge in [0, 0.05) is 19.0 Å². The molecule has 2 aromatic carbocycles. The zero-order chi connectivity index (χ0) is 22.4. The van der Waals surface area contributed by atoms with Crippen molar-refractivity contribution < 1.29 is 22.7 Å². The first-order valence-corrected chi connectivity index (χ1v) is 12.0. The summed E-state index contributed by atoms with van der Waals surface area (Å²) >= 11 is 0. The number of amides is 1. The van der Waals surface area contributed by atoms with Gasteiger partial charge in [0.1, 0.15) is 11.5 Å². The Morgan fingerprint density at radius 2 is 1.65 bits per heavy atom. The molecule has 1 amide bonds. The summed E-state index contributed by atoms with van der Waals surface area (Å²) in [6, 6.07) is 13.9. The number of carbonyl (C=O) groups excluding carboxylic acids is 1. The first-order chi connectivity index (χ1) is 14.8. The summed E-state index contributed by atoms with van der Waals surface area (Å²) in [7, 11) is -1.97. The predicted molar refractivity (Wildman–Crippen MR) is 119 cm³/mol. The molecule has 0 unspecified atom stereocenters. The van der Waals surface area contributed by atoms with Crippen molar-refractivity contribution in [1.82, 2.24) is 9.62 Å². The van der Waals surface area contributed by atoms with E-state index in [1.165, 1.54) is 4.31 Å². The minimum Gasteiger partial charge on any atom is -0.497 e. The first kappa shape index (κ1) is 23.1. The number of sulfonamides is 1. The summed E-state index contributed by atoms with van der Waals surface area (Å²) in [6.45, 7) is 4.99. The Labute approximate surface area is 184 Å². The largest absolute Gasteiger partial charge is 0.497 e. The van der Waals surface area contributed by atoms with E-state index in [1.807, 2.05) is 38.1 Å². The van der Waals surface area contributed by atoms with E-state index in [0.29, 0.717) is 38.3 Å². The van der Waals surface area contributed by atoms with Crippen molar-refractivity contribution in [2.24, 2.45) is 5.92 Å². The van der Waals surface area contributed by atoms with Crippen LogP contribution in [0.15, 0.2) is 53.4 Å². The lowest BCUT2D eigenvalue weighted by molar-refractivity contribution is -0.126. The van der Waals surface area contributed by atoms with Gasteiger partial charge in [0.25, 0.3) is 0 Å². The zero-order valence-electron chi connectivity index (χ0n) is 18.2. The third-order valence-electron chi connectivity index (χ3n) is 5.57. The summed E-state index contributed by atoms with van der Waals surface area (Å²) in [5.74, 6) is 1.17. The van der Waals surface area contributed by atoms with Crippen molar-refractivity contribution in [1.29, 1.82) is 0 Å². The molecule has 0 saturated carbocycles. The zero-order valence-corrected chi connectivity index (χ0v) is 19.0. The fourth-order valence-electron chi connectivity index (χ4n) is 3.69. The molecule has 0 bridgehead atoms. The van der Waals surface area contributed by atoms with E-state index in [9.17, 15) is 13.2 Å². The summed E-state index contributed by atoms with van der Waals surface area (Å²) in [5.41, 5.74) is 0.990. The smallest absolute Gasteiger partial charge is 0.243 e. The molecule has 1 N–H and O–H groups in total. The van der Waals surface area contributed by atoms with Crippen LogP contribution in [0.2, 0.25) is 0 Å². The van der Waals surface area contributed by atoms with E-state index in [0.717, 1.165) is 11.3 Å². The molecule has 168 valence electrons. The van der Waals surface area contributed by atoms with Crippen LogP contribution in [0.4, 0.5) is 0 Å². The van der Waals surface area contributed by atoms with Crippen LogP contribution in [-0.4, -0.2) is 45.4 Å². The second-order valence-corrected chi connectivity index (χ2v) is 9.52. The average Bonchev–Trinajstić information content (AvgIpc) is 2.79. The maximum Gasteiger partial charge on any atom is 0.243 e. The first-order valence-electron chi connectivity index (χ1n) is 10.5. The number of rotatable bonds is 8. The van der Waals surface area contributed by atoms with Gasteiger partial charge in [-0.05, 0) is 68.7 Å². The molecule has 1 aliphatic rings. The number of piperidine rings is 1. The van der Waals surface area contributed by atoms with Crippen molar-refractivity contribution in [2.45, 2.75) is 37.6 Å². The highest BCUT2D eigenvalue weighted by atomic mass is 32.2. The minimum atomic E-state index is -3.58. The molecule has 1 heterocycles. The van der Waals surface area contributed by atoms with E-state index < -0.39 is 10.0 Å². The highest BCUT2D eigenvalue weighted by molar-refractivity contribution is 7.89. The molecule has 0 aliphatic carbocycles. The standard InChI is InChI=1S/C23H30N2O5S/c1-4-30-21-9-11-22(12-10-21)31(27,28)25-15-13-19(14-16-25)23(26)24-17(2)18-5-7-20(29-3)8-6-18/h5-12,17,19H,4,13-16H2,1-3H3,(H,24,26)/t17-/m0/s1. The molecular weight excluding hydrogens is 416 g/mol. The van der Waals surface area contributed by atoms with Gasteiger partial charge in [0.15, 0.2) is 0 Å². The molecule has 1 saturated heterocycles. The van der Waals surface area contributed by atoms with Crippen LogP contribution in [0, 0.1) is 5.92 Å². The van der Waals surface area contributed by atoms with Crippen molar-refractivity contribution in [3.8, 4) is 11.5 Å². The molecule has 1 aliphatic heterocycles. The summed E-state index contributed by atoms with van der Waals surface area (Å²) in [6.07, 6.45) is 0.995. The van der Waals surface area contributed by atoms with Gasteiger partial charge in [0.05, 0.1) is 24.7 Å². The van der Waals surface area contributed by atoms with E-state index >= 15 is 0 Å². The topological polar surface area (TPSA) is 84.9 Å². The number of hydrogen-bond acceptors (Lipinski definition) is 5. The number of methoxy groups -OCH3 is 1. The van der Waals surface area contributed by atoms with Crippen LogP contribution in [0.3, 0.4) is 0 Å². The quantitative estimate of drug-likeness (QED) is 0.672. The summed E-state index contributed by atoms with van der Waals surface area (Å²) in [4.78, 5) is 13.0. The third-order valence-corrected chi connectivity index (χ3v) is 7.48. The summed E-state index contributed by atoms with van der Waals surface area (Å²) < 4.78 is 37.8. The normalized spacial score (nSPS) is 16.5. The Morgan fingerprint density at radius 3 is 2.19 bits per heavy atom. The van der Waals surface area contributed by atoms with Gasteiger partial charge < -0.3 is 14.8 Å². The molecule has 8 heteroatoms. The van der Waals surface area contributed by atoms with Gasteiger partial charge in [-0.25, -0.2) is 8.42 Å². The number of nitrogens with zero attached hydrogens (tertiary/aromatic N) is 1. The van der Waals surface area contributed by atoms with Crippen LogP contribution in [0.25, 0.3) is 0 Å². The Kier molecular flexibility index (Phi) is 7.56. The number of carbonyl (C=O) groups is 1. The molecule has 0 spiro atoms. The van der Waals surface area contributed by atoms with E-state index in [1.54, 1.807) is 31.4 Å². The van der Waals surface area contributed by atoms with E-state index in [4.69, 9.17) is 9.47 Å². The van der Waals surface area contributed by atoms with Gasteiger partial charge in [-0.2, -0.15) is 4.31 Å². The molecule has 31 heavy (non-hydrogen) atoms. The third kappa shape index (κ3) is 5.57. The lowest BCUT2D eigenvalue weighted by Crippen LogP contribution is -2.43. The molecule has 1 fully saturated rings. The second-order valence-electron chi connectivity index (χ2n) is 7.59. The van der Waals surface area contributed by atoms with Gasteiger partial charge in [-0.3, -0.25) is 4.79 Å². The minimum absolute atomic E-state index is 0.0403. The van der Waals surface area contributed by atoms with Crippen molar-refractivity contribution >= 4 is 15.9 Å². The highest BCUT2D eigenvalue weighted by Gasteiger charge is 2.32. The van der Waals surface area contributed by atoms with Gasteiger partial charge in [-0.1, -0.05) is 12.1 Å². The maximum atomic E-state index is 12.9. The Hall–Kier alpha value is -2.58. The summed E-state index contributed by atoms with van der Waals surface area (Å²) in [5, 5.41) is 3.05. The van der Waals surface area contributed by atoms with Crippen LogP contribution in [0.1, 0.15) is 38.3 Å². The van der Waals surface area contributed by atoms with Crippen molar-refractivity contribution in [3.05, 3.63) is 54.1 Å². The predicted octanol–water partition coefficient (Wildman–Crippen LogP) is 3.37. The van der Waals surface area contributed by atoms with Gasteiger partial charge >= 0.3 is 0 Å². The molecule has 1 atom stereocenters. The van der Waals surface area contributed by atoms with E-state index in [2.05, 4.69) is 5.32 Å². The van der Waals surface area contributed by atoms with Crippen molar-refractivity contribution in [2.75, 3.05) is 26.8 Å². The number of benzene rings is 2. The second kappa shape index (κ2) is 10.2. The van der Waals surface area contributed by atoms with Crippen LogP contribution in [0.5, 0.6) is 11.5 Å². The SMILES string of the molecule is CCOc1ccc(S(=O)(=O)N2CCC(C(=O)N[C@@H](C)c3ccc(OC)cc3)CC2)cc1. The molecule has 2 aromatic rings. The average molecular weight is 447 g/mol. The van der Waals surface area contributed by atoms with Crippen LogP contribution in [-0.2, 0) is 14.8 Å². The highest BCUT2D eigenvalue weighted by Crippen LogP contribution is 2.26. The molecule has 7 nitrogen and oxygen atoms in total. The Morgan fingerprint density at radius 1 is 1.06 bits per heavy atom. The fraction of sp³-hybridized carbons (Fsp3) is 0.435. The number of hydrogen-bond donors (Lipinski definition) is 1. The van der Waals surface area contributed by atoms with Crippen LogP contribution < -0.4 is 14.8 Å². The monoisotopic (exact) mass is 446 g/mol. The fourth-order valence-corrected chi connectivity index (χ4v) is 5.16. The molecule has 0 aromatic heterocycles. The van der Waals surface area contributed by atoms with Gasteiger partial charge in [-0.15, -0.1) is 0 Å². The molecular formula is C23H30N2O5S. The van der Waals surface area contributed by atoms with Crippen molar-refractivity contribution in [3.63, 3.8) is 0 Å². The lowest BCUT2D eigenvalue weighted by atomic mass is 9.96. The Bertz CT molecular complexity index is 966. The molecule has 3 rings (SSSR count). The number of nitrogens with one attached hydrogen (secondary N) is 1. The Balaban J connectivity index is 1.55. The number of ether oxygens (including phenoxy) is 2.